The van der Waals surface area contributed by atoms with Crippen molar-refractivity contribution in [2.75, 3.05) is 13.2 Å². The average Bonchev–Trinajstić information content (AvgIpc) is 3.63. The Morgan fingerprint density at radius 3 is 2.57 bits per heavy atom. The molecule has 5 atom stereocenters. The van der Waals surface area contributed by atoms with Crippen LogP contribution in [0.3, 0.4) is 0 Å². The second-order valence-corrected chi connectivity index (χ2v) is 12.7. The van der Waals surface area contributed by atoms with E-state index in [1.165, 1.54) is 30.3 Å². The summed E-state index contributed by atoms with van der Waals surface area (Å²) in [5, 5.41) is 63.2. The Labute approximate surface area is 268 Å². The van der Waals surface area contributed by atoms with Crippen LogP contribution in [0, 0.1) is 6.92 Å². The third-order valence-electron chi connectivity index (χ3n) is 8.71. The zero-order valence-electron chi connectivity index (χ0n) is 26.1. The van der Waals surface area contributed by atoms with Gasteiger partial charge in [-0.05, 0) is 50.6 Å². The van der Waals surface area contributed by atoms with Crippen LogP contribution in [0.15, 0.2) is 70.3 Å². The van der Waals surface area contributed by atoms with E-state index in [9.17, 15) is 35.4 Å². The van der Waals surface area contributed by atoms with Gasteiger partial charge in [0, 0.05) is 48.4 Å². The molecule has 4 heterocycles. The van der Waals surface area contributed by atoms with Gasteiger partial charge in [-0.1, -0.05) is 12.1 Å². The molecular weight excluding hydrogens is 612 g/mol. The highest BCUT2D eigenvalue weighted by molar-refractivity contribution is 5.91. The van der Waals surface area contributed by atoms with E-state index in [0.29, 0.717) is 39.3 Å². The van der Waals surface area contributed by atoms with Crippen molar-refractivity contribution in [3.05, 3.63) is 88.2 Å². The fourth-order valence-electron chi connectivity index (χ4n) is 5.99. The molecule has 5 aromatic rings. The van der Waals surface area contributed by atoms with Gasteiger partial charge in [0.25, 0.3) is 0 Å². The van der Waals surface area contributed by atoms with E-state index >= 15 is 0 Å². The van der Waals surface area contributed by atoms with Gasteiger partial charge in [0.1, 0.15) is 59.4 Å². The number of benzene rings is 2. The number of phenols is 1. The van der Waals surface area contributed by atoms with Gasteiger partial charge in [0.15, 0.2) is 16.8 Å². The number of H-pyrrole nitrogens is 1. The van der Waals surface area contributed by atoms with Crippen LogP contribution in [0.5, 0.6) is 11.5 Å². The van der Waals surface area contributed by atoms with Crippen molar-refractivity contribution in [2.24, 2.45) is 0 Å². The number of aliphatic hydroxyl groups is 5. The molecule has 0 saturated heterocycles. The molecule has 0 saturated carbocycles. The highest BCUT2D eigenvalue weighted by Crippen LogP contribution is 2.43. The summed E-state index contributed by atoms with van der Waals surface area (Å²) in [7, 11) is 0. The summed E-state index contributed by atoms with van der Waals surface area (Å²) in [6.45, 7) is 3.78. The van der Waals surface area contributed by atoms with Crippen molar-refractivity contribution in [3.63, 3.8) is 0 Å². The zero-order valence-corrected chi connectivity index (χ0v) is 26.1. The van der Waals surface area contributed by atoms with Crippen LogP contribution < -0.4 is 10.2 Å². The van der Waals surface area contributed by atoms with Crippen LogP contribution in [0.1, 0.15) is 30.7 Å². The SMILES string of the molecule is Cc1cc(=O)c2cc3c(c(-n4cc5cc[nH]c5c4)c2o1)OC(C)(C)[C@H](OOC[C@@](O)(Cc1ccc(O)cc1)[C@@H](O)[C@H](O)[C@H](O)CO)C3. The van der Waals surface area contributed by atoms with Crippen LogP contribution in [0.4, 0.5) is 0 Å². The number of ether oxygens (including phenoxy) is 1. The number of aromatic amines is 1. The van der Waals surface area contributed by atoms with Crippen LogP contribution in [-0.2, 0) is 22.6 Å². The van der Waals surface area contributed by atoms with Gasteiger partial charge in [-0.25, -0.2) is 9.78 Å². The van der Waals surface area contributed by atoms with Crippen molar-refractivity contribution in [2.45, 2.75) is 69.2 Å². The molecule has 0 aliphatic carbocycles. The Kier molecular flexibility index (Phi) is 8.65. The van der Waals surface area contributed by atoms with Gasteiger partial charge in [-0.15, -0.1) is 0 Å². The van der Waals surface area contributed by atoms with Gasteiger partial charge in [-0.2, -0.15) is 0 Å². The van der Waals surface area contributed by atoms with E-state index in [2.05, 4.69) is 4.98 Å². The number of phenolic OH excluding ortho intramolecular Hbond substituents is 1. The number of hydrogen-bond donors (Lipinski definition) is 7. The van der Waals surface area contributed by atoms with E-state index in [4.69, 9.17) is 18.9 Å². The summed E-state index contributed by atoms with van der Waals surface area (Å²) in [6.07, 6.45) is -0.821. The second kappa shape index (κ2) is 12.4. The second-order valence-electron chi connectivity index (χ2n) is 12.7. The molecule has 47 heavy (non-hydrogen) atoms. The van der Waals surface area contributed by atoms with Gasteiger partial charge < -0.3 is 49.3 Å². The minimum absolute atomic E-state index is 0.00815. The minimum atomic E-state index is -2.21. The van der Waals surface area contributed by atoms with E-state index < -0.39 is 48.8 Å². The van der Waals surface area contributed by atoms with Crippen LogP contribution in [0.2, 0.25) is 0 Å². The summed E-state index contributed by atoms with van der Waals surface area (Å²) in [6, 6.07) is 10.9. The van der Waals surface area contributed by atoms with Crippen LogP contribution in [-0.4, -0.2) is 89.0 Å². The lowest BCUT2D eigenvalue weighted by Crippen LogP contribution is -2.57. The first-order chi connectivity index (χ1) is 22.3. The monoisotopic (exact) mass is 650 g/mol. The summed E-state index contributed by atoms with van der Waals surface area (Å²) < 4.78 is 14.5. The number of aryl methyl sites for hydroxylation is 1. The van der Waals surface area contributed by atoms with E-state index in [-0.39, 0.29) is 24.0 Å². The number of nitrogens with one attached hydrogen (secondary N) is 1. The third-order valence-corrected chi connectivity index (χ3v) is 8.71. The van der Waals surface area contributed by atoms with E-state index in [1.807, 2.05) is 29.2 Å². The number of rotatable bonds is 11. The van der Waals surface area contributed by atoms with Crippen molar-refractivity contribution >= 4 is 21.9 Å². The largest absolute Gasteiger partial charge is 0.508 e. The Hall–Kier alpha value is -4.21. The number of nitrogens with zero attached hydrogens (tertiary/aromatic N) is 1. The molecule has 1 aliphatic heterocycles. The summed E-state index contributed by atoms with van der Waals surface area (Å²) >= 11 is 0. The maximum absolute atomic E-state index is 13.1. The van der Waals surface area contributed by atoms with Gasteiger partial charge in [-0.3, -0.25) is 4.79 Å². The van der Waals surface area contributed by atoms with Crippen molar-refractivity contribution < 1.29 is 49.6 Å². The molecule has 13 heteroatoms. The minimum Gasteiger partial charge on any atom is -0.508 e. The standard InChI is InChI=1S/C34H38N2O11/c1-18-10-25(39)23-11-21-12-27(33(2,3)46-30(21)28(31(23)45-18)36-14-20-8-9-35-24(20)15-36)47-44-17-34(43,32(42)29(41)26(40)16-37)13-19-4-6-22(38)7-5-19/h4-11,14-15,26-27,29,32,35,37-38,40-43H,12-13,16-17H2,1-3H3/t26-,27-,29-,32+,34+/m1/s1. The van der Waals surface area contributed by atoms with E-state index in [0.717, 1.165) is 10.9 Å². The lowest BCUT2D eigenvalue weighted by molar-refractivity contribution is -0.369. The quantitative estimate of drug-likeness (QED) is 0.0816. The maximum atomic E-state index is 13.1. The third kappa shape index (κ3) is 6.26. The molecule has 7 N–H and O–H groups in total. The molecule has 2 aromatic carbocycles. The van der Waals surface area contributed by atoms with Gasteiger partial charge >= 0.3 is 0 Å². The Bertz CT molecular complexity index is 1920. The van der Waals surface area contributed by atoms with Crippen molar-refractivity contribution in [1.29, 1.82) is 0 Å². The molecule has 13 nitrogen and oxygen atoms in total. The molecule has 0 spiro atoms. The van der Waals surface area contributed by atoms with Crippen molar-refractivity contribution in [1.82, 2.24) is 9.55 Å². The Balaban J connectivity index is 1.30. The zero-order chi connectivity index (χ0) is 33.7. The number of aromatic nitrogens is 2. The summed E-state index contributed by atoms with van der Waals surface area (Å²) in [4.78, 5) is 27.7. The molecule has 0 radical (unpaired) electrons. The number of aromatic hydroxyl groups is 1. The highest BCUT2D eigenvalue weighted by atomic mass is 17.2. The molecule has 1 aliphatic rings. The molecule has 0 fully saturated rings. The fraction of sp³-hybridized carbons (Fsp3) is 0.382. The number of fused-ring (bicyclic) bond motifs is 3. The number of hydrogen-bond acceptors (Lipinski definition) is 11. The van der Waals surface area contributed by atoms with Crippen LogP contribution in [0.25, 0.3) is 27.6 Å². The first-order valence-corrected chi connectivity index (χ1v) is 15.2. The molecule has 0 amide bonds. The topological polar surface area (TPSA) is 200 Å². The first kappa shape index (κ1) is 32.7. The van der Waals surface area contributed by atoms with E-state index in [1.54, 1.807) is 26.8 Å². The lowest BCUT2D eigenvalue weighted by Gasteiger charge is -2.40. The average molecular weight is 651 g/mol. The molecule has 6 rings (SSSR count). The number of aliphatic hydroxyl groups excluding tert-OH is 4. The first-order valence-electron chi connectivity index (χ1n) is 15.2. The fourth-order valence-corrected chi connectivity index (χ4v) is 5.99. The molecule has 0 unspecified atom stereocenters. The smallest absolute Gasteiger partial charge is 0.193 e. The predicted molar refractivity (Wildman–Crippen MR) is 170 cm³/mol. The molecular formula is C34H38N2O11. The Morgan fingerprint density at radius 2 is 1.87 bits per heavy atom. The Morgan fingerprint density at radius 1 is 1.13 bits per heavy atom. The van der Waals surface area contributed by atoms with Gasteiger partial charge in [0.05, 0.1) is 17.5 Å². The highest BCUT2D eigenvalue weighted by Gasteiger charge is 2.45. The molecule has 0 bridgehead atoms. The summed E-state index contributed by atoms with van der Waals surface area (Å²) in [5.41, 5.74) is -0.517. The van der Waals surface area contributed by atoms with Crippen molar-refractivity contribution in [3.8, 4) is 17.2 Å². The lowest BCUT2D eigenvalue weighted by atomic mass is 9.85. The maximum Gasteiger partial charge on any atom is 0.193 e. The molecule has 250 valence electrons. The predicted octanol–water partition coefficient (Wildman–Crippen LogP) is 2.16. The van der Waals surface area contributed by atoms with Gasteiger partial charge in [0.2, 0.25) is 0 Å². The molecule has 3 aromatic heterocycles. The van der Waals surface area contributed by atoms with Crippen LogP contribution >= 0.6 is 0 Å². The normalized spacial score (nSPS) is 19.2. The summed E-state index contributed by atoms with van der Waals surface area (Å²) in [5.74, 6) is 0.935.